The third kappa shape index (κ3) is 4.58. The van der Waals surface area contributed by atoms with E-state index in [9.17, 15) is 0 Å². The van der Waals surface area contributed by atoms with Gasteiger partial charge in [-0.1, -0.05) is 170 Å². The molecule has 63 heavy (non-hydrogen) atoms. The van der Waals surface area contributed by atoms with Crippen molar-refractivity contribution in [3.63, 3.8) is 0 Å². The van der Waals surface area contributed by atoms with Crippen molar-refractivity contribution in [1.29, 1.82) is 0 Å². The lowest BCUT2D eigenvalue weighted by atomic mass is 9.99. The van der Waals surface area contributed by atoms with Crippen LogP contribution in [0, 0.1) is 0 Å². The summed E-state index contributed by atoms with van der Waals surface area (Å²) >= 11 is 0. The molecule has 292 valence electrons. The van der Waals surface area contributed by atoms with Gasteiger partial charge in [0.25, 0.3) is 0 Å². The number of hydrogen-bond acceptors (Lipinski definition) is 2. The second-order valence-corrected chi connectivity index (χ2v) is 20.5. The van der Waals surface area contributed by atoms with Crippen LogP contribution in [-0.2, 0) is 0 Å². The molecule has 5 heteroatoms. The summed E-state index contributed by atoms with van der Waals surface area (Å²) in [7, 11) is -3.18. The van der Waals surface area contributed by atoms with E-state index in [2.05, 4.69) is 228 Å². The van der Waals surface area contributed by atoms with Crippen LogP contribution in [0.15, 0.2) is 218 Å². The second kappa shape index (κ2) is 12.9. The van der Waals surface area contributed by atoms with Gasteiger partial charge >= 0.3 is 0 Å². The third-order valence-corrected chi connectivity index (χ3v) is 18.8. The van der Waals surface area contributed by atoms with E-state index in [0.29, 0.717) is 0 Å². The molecule has 8 aromatic carbocycles. The molecule has 0 unspecified atom stereocenters. The first-order chi connectivity index (χ1) is 31.3. The zero-order chi connectivity index (χ0) is 41.2. The molecule has 0 fully saturated rings. The Labute approximate surface area is 364 Å². The number of pyridine rings is 2. The Bertz CT molecular complexity index is 3530. The van der Waals surface area contributed by atoms with E-state index in [1.54, 1.807) is 0 Å². The van der Waals surface area contributed by atoms with Gasteiger partial charge in [-0.3, -0.25) is 9.13 Å². The van der Waals surface area contributed by atoms with Gasteiger partial charge in [0.1, 0.15) is 11.6 Å². The van der Waals surface area contributed by atoms with E-state index in [-0.39, 0.29) is 0 Å². The summed E-state index contributed by atoms with van der Waals surface area (Å²) in [6, 6.07) is 80.5. The fourth-order valence-corrected chi connectivity index (χ4v) is 16.9. The summed E-state index contributed by atoms with van der Waals surface area (Å²) < 4.78 is 4.68. The highest BCUT2D eigenvalue weighted by atomic mass is 28.3. The molecule has 0 atom stereocenters. The van der Waals surface area contributed by atoms with Crippen LogP contribution in [0.2, 0.25) is 0 Å². The van der Waals surface area contributed by atoms with Crippen molar-refractivity contribution in [1.82, 2.24) is 19.1 Å². The monoisotopic (exact) mass is 816 g/mol. The largest absolute Gasteiger partial charge is 0.294 e. The molecular weight excluding hydrogens is 781 g/mol. The molecule has 0 aliphatic carbocycles. The maximum Gasteiger partial charge on any atom is 0.182 e. The molecule has 0 N–H and O–H groups in total. The van der Waals surface area contributed by atoms with E-state index in [1.807, 2.05) is 0 Å². The van der Waals surface area contributed by atoms with Crippen molar-refractivity contribution in [2.75, 3.05) is 0 Å². The molecule has 6 heterocycles. The van der Waals surface area contributed by atoms with Gasteiger partial charge in [0.2, 0.25) is 0 Å². The first-order valence-electron chi connectivity index (χ1n) is 21.7. The lowest BCUT2D eigenvalue weighted by Gasteiger charge is -2.36. The van der Waals surface area contributed by atoms with Crippen LogP contribution in [-0.4, -0.2) is 27.2 Å². The summed E-state index contributed by atoms with van der Waals surface area (Å²) in [5.74, 6) is 1.82. The summed E-state index contributed by atoms with van der Waals surface area (Å²) in [6.07, 6.45) is 0. The third-order valence-electron chi connectivity index (χ3n) is 13.8. The smallest absolute Gasteiger partial charge is 0.182 e. The predicted molar refractivity (Wildman–Crippen MR) is 263 cm³/mol. The maximum atomic E-state index is 5.77. The highest BCUT2D eigenvalue weighted by Gasteiger charge is 2.50. The molecule has 0 saturated heterocycles. The molecule has 4 nitrogen and oxygen atoms in total. The van der Waals surface area contributed by atoms with Crippen LogP contribution < -0.4 is 20.7 Å². The number of hydrogen-bond donors (Lipinski definition) is 0. The molecule has 0 radical (unpaired) electrons. The molecular formula is C58H36N4Si. The van der Waals surface area contributed by atoms with Gasteiger partial charge in [-0.2, -0.15) is 0 Å². The van der Waals surface area contributed by atoms with Crippen molar-refractivity contribution in [3.8, 4) is 56.4 Å². The molecule has 0 bridgehead atoms. The summed E-state index contributed by atoms with van der Waals surface area (Å²) in [5.41, 5.74) is 13.7. The molecule has 2 aliphatic heterocycles. The average molecular weight is 817 g/mol. The zero-order valence-corrected chi connectivity index (χ0v) is 35.1. The topological polar surface area (TPSA) is 35.6 Å². The van der Waals surface area contributed by atoms with Crippen LogP contribution in [0.4, 0.5) is 0 Å². The van der Waals surface area contributed by atoms with Crippen molar-refractivity contribution in [2.45, 2.75) is 0 Å². The minimum Gasteiger partial charge on any atom is -0.294 e. The fourth-order valence-electron chi connectivity index (χ4n) is 11.3. The Morgan fingerprint density at radius 1 is 0.254 bits per heavy atom. The Balaban J connectivity index is 1.08. The van der Waals surface area contributed by atoms with Gasteiger partial charge in [-0.15, -0.1) is 0 Å². The second-order valence-electron chi connectivity index (χ2n) is 16.8. The Hall–Kier alpha value is -8.12. The predicted octanol–water partition coefficient (Wildman–Crippen LogP) is 11.3. The molecule has 0 saturated carbocycles. The molecule has 14 rings (SSSR count). The fraction of sp³-hybridized carbons (Fsp3) is 0. The lowest BCUT2D eigenvalue weighted by molar-refractivity contribution is 1.08. The first-order valence-corrected chi connectivity index (χ1v) is 23.7. The Morgan fingerprint density at radius 2 is 0.540 bits per heavy atom. The Morgan fingerprint density at radius 3 is 0.905 bits per heavy atom. The molecule has 0 amide bonds. The van der Waals surface area contributed by atoms with Crippen molar-refractivity contribution in [3.05, 3.63) is 218 Å². The Kier molecular flexibility index (Phi) is 7.10. The minimum atomic E-state index is -3.18. The number of aromatic nitrogens is 4. The SMILES string of the molecule is c1ccc2c(c1)-c1ccc(-n3c4ccccc4c4ccccc43)nc1-c1ccccc1[Si]21c2ccccc2-c2ccc(-n3c4ccccc4c4ccccc43)nc2-c2ccccc21. The van der Waals surface area contributed by atoms with Crippen molar-refractivity contribution in [2.24, 2.45) is 0 Å². The van der Waals surface area contributed by atoms with Crippen LogP contribution in [0.3, 0.4) is 0 Å². The lowest BCUT2D eigenvalue weighted by Crippen LogP contribution is -2.75. The summed E-state index contributed by atoms with van der Waals surface area (Å²) in [6.45, 7) is 0. The summed E-state index contributed by atoms with van der Waals surface area (Å²) in [5, 5.41) is 10.3. The maximum absolute atomic E-state index is 5.77. The van der Waals surface area contributed by atoms with E-state index < -0.39 is 8.07 Å². The highest BCUT2D eigenvalue weighted by molar-refractivity contribution is 7.22. The van der Waals surface area contributed by atoms with Crippen LogP contribution in [0.5, 0.6) is 0 Å². The van der Waals surface area contributed by atoms with Gasteiger partial charge in [-0.05, 0) is 80.4 Å². The molecule has 4 aromatic heterocycles. The van der Waals surface area contributed by atoms with Gasteiger partial charge in [0, 0.05) is 43.8 Å². The number of fused-ring (bicyclic) bond motifs is 20. The van der Waals surface area contributed by atoms with E-state index >= 15 is 0 Å². The van der Waals surface area contributed by atoms with Gasteiger partial charge in [0.15, 0.2) is 8.07 Å². The zero-order valence-electron chi connectivity index (χ0n) is 34.1. The number of nitrogens with zero attached hydrogens (tertiary/aromatic N) is 4. The average Bonchev–Trinajstić information content (AvgIpc) is 3.81. The quantitative estimate of drug-likeness (QED) is 0.163. The van der Waals surface area contributed by atoms with Crippen LogP contribution >= 0.6 is 0 Å². The number of rotatable bonds is 2. The molecule has 12 aromatic rings. The molecule has 2 aliphatic rings. The van der Waals surface area contributed by atoms with E-state index in [4.69, 9.17) is 9.97 Å². The van der Waals surface area contributed by atoms with Crippen molar-refractivity contribution >= 4 is 72.4 Å². The molecule has 1 spiro atoms. The highest BCUT2D eigenvalue weighted by Crippen LogP contribution is 2.42. The van der Waals surface area contributed by atoms with E-state index in [1.165, 1.54) is 64.5 Å². The number of para-hydroxylation sites is 4. The standard InChI is InChI=1S/C58H36N4Si/c1-9-25-47-37(17-1)38-18-2-10-26-48(38)61(47)55-35-33-43-41-21-5-13-29-51(41)63(53-31-15-7-23-45(53)57(43)59-55)52-30-14-6-22-42(52)44-34-36-56(60-58(44)46-24-8-16-32-54(46)63)62-49-27-11-3-19-39(49)40-20-4-12-28-50(40)62/h1-36H. The number of benzene rings is 8. The van der Waals surface area contributed by atoms with E-state index in [0.717, 1.165) is 56.2 Å². The van der Waals surface area contributed by atoms with Gasteiger partial charge in [-0.25, -0.2) is 9.97 Å². The van der Waals surface area contributed by atoms with Crippen LogP contribution in [0.25, 0.3) is 100 Å². The summed E-state index contributed by atoms with van der Waals surface area (Å²) in [4.78, 5) is 11.5. The van der Waals surface area contributed by atoms with Gasteiger partial charge < -0.3 is 0 Å². The van der Waals surface area contributed by atoms with Crippen LogP contribution in [0.1, 0.15) is 0 Å². The minimum absolute atomic E-state index is 0.909. The first kappa shape index (κ1) is 34.6. The van der Waals surface area contributed by atoms with Gasteiger partial charge in [0.05, 0.1) is 33.5 Å². The van der Waals surface area contributed by atoms with Crippen molar-refractivity contribution < 1.29 is 0 Å². The normalized spacial score (nSPS) is 13.2.